The van der Waals surface area contributed by atoms with Crippen LogP contribution in [0.5, 0.6) is 0 Å². The molecule has 0 aliphatic carbocycles. The summed E-state index contributed by atoms with van der Waals surface area (Å²) in [6, 6.07) is 3.56. The van der Waals surface area contributed by atoms with Crippen LogP contribution in [0.1, 0.15) is 12.5 Å². The number of hydrogen-bond acceptors (Lipinski definition) is 3. The third kappa shape index (κ3) is 2.32. The molecule has 12 heavy (non-hydrogen) atoms. The number of rotatable bonds is 2. The van der Waals surface area contributed by atoms with Gasteiger partial charge in [0, 0.05) is 19.7 Å². The lowest BCUT2D eigenvalue weighted by Crippen LogP contribution is -2.07. The summed E-state index contributed by atoms with van der Waals surface area (Å²) in [5, 5.41) is 2.57. The number of carbonyl (C=O) groups is 1. The second kappa shape index (κ2) is 3.82. The van der Waals surface area contributed by atoms with Gasteiger partial charge in [0.05, 0.1) is 0 Å². The van der Waals surface area contributed by atoms with Crippen molar-refractivity contribution in [2.75, 3.05) is 5.32 Å². The number of carbonyl (C=O) groups excluding carboxylic acids is 1. The molecule has 0 radical (unpaired) electrons. The van der Waals surface area contributed by atoms with Gasteiger partial charge < -0.3 is 11.1 Å². The van der Waals surface area contributed by atoms with Crippen molar-refractivity contribution >= 4 is 11.7 Å². The van der Waals surface area contributed by atoms with Crippen molar-refractivity contribution in [1.29, 1.82) is 0 Å². The fraction of sp³-hybridized carbons (Fsp3) is 0.250. The molecule has 0 aliphatic heterocycles. The number of hydrogen-bond donors (Lipinski definition) is 2. The van der Waals surface area contributed by atoms with Gasteiger partial charge in [0.15, 0.2) is 0 Å². The van der Waals surface area contributed by atoms with E-state index in [9.17, 15) is 4.79 Å². The summed E-state index contributed by atoms with van der Waals surface area (Å²) >= 11 is 0. The van der Waals surface area contributed by atoms with Gasteiger partial charge in [-0.05, 0) is 11.6 Å². The average molecular weight is 165 g/mol. The Bertz CT molecular complexity index is 268. The van der Waals surface area contributed by atoms with Crippen LogP contribution in [0.15, 0.2) is 18.3 Å². The normalized spacial score (nSPS) is 9.50. The Morgan fingerprint density at radius 3 is 2.83 bits per heavy atom. The Morgan fingerprint density at radius 2 is 2.42 bits per heavy atom. The van der Waals surface area contributed by atoms with E-state index >= 15 is 0 Å². The van der Waals surface area contributed by atoms with Crippen LogP contribution < -0.4 is 11.1 Å². The minimum absolute atomic E-state index is 0.122. The Kier molecular flexibility index (Phi) is 2.76. The SMILES string of the molecule is CC(=O)Nc1ccc(CN)cn1. The largest absolute Gasteiger partial charge is 0.326 e. The number of anilines is 1. The van der Waals surface area contributed by atoms with Crippen LogP contribution in [0.3, 0.4) is 0 Å². The number of nitrogens with zero attached hydrogens (tertiary/aromatic N) is 1. The van der Waals surface area contributed by atoms with Crippen molar-refractivity contribution in [2.45, 2.75) is 13.5 Å². The van der Waals surface area contributed by atoms with Crippen molar-refractivity contribution in [3.05, 3.63) is 23.9 Å². The van der Waals surface area contributed by atoms with Crippen LogP contribution >= 0.6 is 0 Å². The quantitative estimate of drug-likeness (QED) is 0.670. The second-order valence-corrected chi connectivity index (χ2v) is 2.44. The summed E-state index contributed by atoms with van der Waals surface area (Å²) in [6.45, 7) is 1.91. The van der Waals surface area contributed by atoms with Gasteiger partial charge in [-0.3, -0.25) is 4.79 Å². The minimum atomic E-state index is -0.122. The summed E-state index contributed by atoms with van der Waals surface area (Å²) < 4.78 is 0. The van der Waals surface area contributed by atoms with E-state index in [2.05, 4.69) is 10.3 Å². The van der Waals surface area contributed by atoms with Crippen LogP contribution in [0.2, 0.25) is 0 Å². The molecule has 64 valence electrons. The smallest absolute Gasteiger partial charge is 0.222 e. The number of nitrogens with two attached hydrogens (primary N) is 1. The lowest BCUT2D eigenvalue weighted by atomic mass is 10.3. The number of pyridine rings is 1. The summed E-state index contributed by atoms with van der Waals surface area (Å²) in [7, 11) is 0. The third-order valence-corrected chi connectivity index (χ3v) is 1.36. The van der Waals surface area contributed by atoms with Crippen molar-refractivity contribution in [1.82, 2.24) is 4.98 Å². The van der Waals surface area contributed by atoms with Gasteiger partial charge in [0.1, 0.15) is 5.82 Å². The van der Waals surface area contributed by atoms with Crippen molar-refractivity contribution in [3.63, 3.8) is 0 Å². The van der Waals surface area contributed by atoms with Crippen molar-refractivity contribution < 1.29 is 4.79 Å². The van der Waals surface area contributed by atoms with Crippen molar-refractivity contribution in [2.24, 2.45) is 5.73 Å². The standard InChI is InChI=1S/C8H11N3O/c1-6(12)11-8-3-2-7(4-9)5-10-8/h2-3,5H,4,9H2,1H3,(H,10,11,12). The molecule has 0 bridgehead atoms. The molecule has 1 heterocycles. The molecule has 1 aromatic heterocycles. The predicted molar refractivity (Wildman–Crippen MR) is 46.4 cm³/mol. The van der Waals surface area contributed by atoms with E-state index in [0.717, 1.165) is 5.56 Å². The maximum absolute atomic E-state index is 10.6. The number of amides is 1. The molecule has 0 saturated carbocycles. The molecule has 0 unspecified atom stereocenters. The summed E-state index contributed by atoms with van der Waals surface area (Å²) in [5.41, 5.74) is 6.32. The second-order valence-electron chi connectivity index (χ2n) is 2.44. The molecule has 1 aromatic rings. The highest BCUT2D eigenvalue weighted by molar-refractivity contribution is 5.87. The molecule has 0 saturated heterocycles. The van der Waals surface area contributed by atoms with E-state index in [1.165, 1.54) is 6.92 Å². The monoisotopic (exact) mass is 165 g/mol. The Labute approximate surface area is 70.8 Å². The summed E-state index contributed by atoms with van der Waals surface area (Å²) in [5.74, 6) is 0.433. The molecule has 4 nitrogen and oxygen atoms in total. The zero-order valence-corrected chi connectivity index (χ0v) is 6.87. The van der Waals surface area contributed by atoms with Crippen LogP contribution in [-0.4, -0.2) is 10.9 Å². The highest BCUT2D eigenvalue weighted by Gasteiger charge is 1.95. The topological polar surface area (TPSA) is 68.0 Å². The van der Waals surface area contributed by atoms with Crippen LogP contribution in [0, 0.1) is 0 Å². The molecule has 4 heteroatoms. The Balaban J connectivity index is 2.71. The first-order valence-corrected chi connectivity index (χ1v) is 3.65. The molecule has 0 spiro atoms. The zero-order chi connectivity index (χ0) is 8.97. The van der Waals surface area contributed by atoms with Gasteiger partial charge >= 0.3 is 0 Å². The molecular weight excluding hydrogens is 154 g/mol. The van der Waals surface area contributed by atoms with Gasteiger partial charge in [-0.1, -0.05) is 6.07 Å². The maximum atomic E-state index is 10.6. The highest BCUT2D eigenvalue weighted by Crippen LogP contribution is 2.03. The molecule has 0 atom stereocenters. The molecule has 0 fully saturated rings. The van der Waals surface area contributed by atoms with Crippen molar-refractivity contribution in [3.8, 4) is 0 Å². The van der Waals surface area contributed by atoms with Gasteiger partial charge in [0.25, 0.3) is 0 Å². The van der Waals surface area contributed by atoms with Crippen LogP contribution in [-0.2, 0) is 11.3 Å². The first kappa shape index (κ1) is 8.67. The number of nitrogens with one attached hydrogen (secondary N) is 1. The first-order chi connectivity index (χ1) is 5.72. The van der Waals surface area contributed by atoms with Crippen LogP contribution in [0.4, 0.5) is 5.82 Å². The summed E-state index contributed by atoms with van der Waals surface area (Å²) in [4.78, 5) is 14.6. The molecule has 3 N–H and O–H groups in total. The van der Waals surface area contributed by atoms with Crippen LogP contribution in [0.25, 0.3) is 0 Å². The van der Waals surface area contributed by atoms with E-state index in [4.69, 9.17) is 5.73 Å². The molecule has 1 rings (SSSR count). The lowest BCUT2D eigenvalue weighted by molar-refractivity contribution is -0.114. The average Bonchev–Trinajstić information content (AvgIpc) is 2.05. The lowest BCUT2D eigenvalue weighted by Gasteiger charge is -2.00. The van der Waals surface area contributed by atoms with Gasteiger partial charge in [-0.15, -0.1) is 0 Å². The van der Waals surface area contributed by atoms with E-state index in [1.54, 1.807) is 12.3 Å². The summed E-state index contributed by atoms with van der Waals surface area (Å²) in [6.07, 6.45) is 1.64. The van der Waals surface area contributed by atoms with E-state index < -0.39 is 0 Å². The maximum Gasteiger partial charge on any atom is 0.222 e. The fourth-order valence-corrected chi connectivity index (χ4v) is 0.800. The predicted octanol–water partition coefficient (Wildman–Crippen LogP) is 0.499. The van der Waals surface area contributed by atoms with Gasteiger partial charge in [0.2, 0.25) is 5.91 Å². The molecular formula is C8H11N3O. The first-order valence-electron chi connectivity index (χ1n) is 3.65. The minimum Gasteiger partial charge on any atom is -0.326 e. The van der Waals surface area contributed by atoms with E-state index in [1.807, 2.05) is 6.07 Å². The van der Waals surface area contributed by atoms with Gasteiger partial charge in [-0.25, -0.2) is 4.98 Å². The Hall–Kier alpha value is -1.42. The molecule has 0 aromatic carbocycles. The molecule has 1 amide bonds. The Morgan fingerprint density at radius 1 is 1.67 bits per heavy atom. The van der Waals surface area contributed by atoms with E-state index in [0.29, 0.717) is 12.4 Å². The highest BCUT2D eigenvalue weighted by atomic mass is 16.1. The third-order valence-electron chi connectivity index (χ3n) is 1.36. The fourth-order valence-electron chi connectivity index (χ4n) is 0.800. The zero-order valence-electron chi connectivity index (χ0n) is 6.87. The van der Waals surface area contributed by atoms with Gasteiger partial charge in [-0.2, -0.15) is 0 Å². The molecule has 0 aliphatic rings. The number of aromatic nitrogens is 1. The van der Waals surface area contributed by atoms with E-state index in [-0.39, 0.29) is 5.91 Å².